The quantitative estimate of drug-likeness (QED) is 0.199. The third kappa shape index (κ3) is 10.8. The first kappa shape index (κ1) is 42.2. The normalized spacial score (nSPS) is 27.2. The van der Waals surface area contributed by atoms with Crippen LogP contribution in [0, 0.1) is 5.92 Å². The van der Waals surface area contributed by atoms with Crippen LogP contribution < -0.4 is 25.4 Å². The second kappa shape index (κ2) is 17.2. The number of alkyl carbamates (subject to hydrolysis) is 1. The Morgan fingerprint density at radius 3 is 2.51 bits per heavy atom. The standard InChI is InChI=1S/C40H58N6O10S/c1-25(2)41-17-18-54-29-14-13-26-22-45(23-27(26)19-29)38(51)55-30-20-33-34(47)43-40(36(49)44-57(52,53)31-15-16-31)21-28(40)11-9-7-6-8-10-12-32(35(48)46(33)24-30)42-37(50)56-39(3,4)5/h9,11,13-14,19,25,28,30-33,41H,6-8,10,12,15-18,20-24H2,1-5H3,(H,42,50)(H,43,47)(H,44,49)/b11-9-/t28-,30-,32+,33+,40-/m1/s1. The molecule has 1 saturated heterocycles. The minimum Gasteiger partial charge on any atom is -0.492 e. The Balaban J connectivity index is 1.19. The van der Waals surface area contributed by atoms with Crippen molar-refractivity contribution >= 4 is 39.9 Å². The van der Waals surface area contributed by atoms with E-state index in [-0.39, 0.29) is 32.4 Å². The molecule has 1 aromatic rings. The van der Waals surface area contributed by atoms with Gasteiger partial charge < -0.3 is 35.1 Å². The third-order valence-corrected chi connectivity index (χ3v) is 12.7. The lowest BCUT2D eigenvalue weighted by atomic mass is 10.0. The molecule has 0 unspecified atom stereocenters. The molecule has 1 aromatic carbocycles. The van der Waals surface area contributed by atoms with Crippen LogP contribution in [0.15, 0.2) is 30.4 Å². The second-order valence-electron chi connectivity index (χ2n) is 17.2. The Kier molecular flexibility index (Phi) is 12.8. The fourth-order valence-electron chi connectivity index (χ4n) is 7.62. The van der Waals surface area contributed by atoms with Crippen molar-refractivity contribution in [2.24, 2.45) is 5.92 Å². The van der Waals surface area contributed by atoms with Crippen LogP contribution >= 0.6 is 0 Å². The summed E-state index contributed by atoms with van der Waals surface area (Å²) in [6.45, 7) is 10.9. The zero-order chi connectivity index (χ0) is 41.1. The summed E-state index contributed by atoms with van der Waals surface area (Å²) in [4.78, 5) is 71.9. The first-order chi connectivity index (χ1) is 26.9. The van der Waals surface area contributed by atoms with Crippen molar-refractivity contribution < 1.29 is 46.6 Å². The second-order valence-corrected chi connectivity index (χ2v) is 19.2. The highest BCUT2D eigenvalue weighted by Gasteiger charge is 2.62. The van der Waals surface area contributed by atoms with E-state index in [1.54, 1.807) is 25.7 Å². The summed E-state index contributed by atoms with van der Waals surface area (Å²) in [5.41, 5.74) is -0.496. The Labute approximate surface area is 335 Å². The molecule has 17 heteroatoms. The summed E-state index contributed by atoms with van der Waals surface area (Å²) in [7, 11) is -3.91. The van der Waals surface area contributed by atoms with Gasteiger partial charge in [-0.25, -0.2) is 18.0 Å². The van der Waals surface area contributed by atoms with Crippen molar-refractivity contribution in [2.45, 2.75) is 146 Å². The van der Waals surface area contributed by atoms with E-state index in [2.05, 4.69) is 34.5 Å². The van der Waals surface area contributed by atoms with Gasteiger partial charge in [0.1, 0.15) is 41.7 Å². The monoisotopic (exact) mass is 814 g/mol. The van der Waals surface area contributed by atoms with Crippen LogP contribution in [0.5, 0.6) is 5.75 Å². The molecule has 5 atom stereocenters. The number of nitrogens with zero attached hydrogens (tertiary/aromatic N) is 2. The molecule has 314 valence electrons. The topological polar surface area (TPSA) is 202 Å². The zero-order valence-corrected chi connectivity index (χ0v) is 34.5. The van der Waals surface area contributed by atoms with E-state index < -0.39 is 80.4 Å². The number of hydrogen-bond donors (Lipinski definition) is 4. The van der Waals surface area contributed by atoms with Crippen LogP contribution in [0.3, 0.4) is 0 Å². The summed E-state index contributed by atoms with van der Waals surface area (Å²) in [6, 6.07) is 3.79. The van der Waals surface area contributed by atoms with E-state index >= 15 is 0 Å². The maximum atomic E-state index is 14.4. The van der Waals surface area contributed by atoms with Gasteiger partial charge in [0.25, 0.3) is 5.91 Å². The number of nitrogens with one attached hydrogen (secondary N) is 4. The van der Waals surface area contributed by atoms with Crippen LogP contribution in [0.4, 0.5) is 9.59 Å². The molecule has 6 rings (SSSR count). The van der Waals surface area contributed by atoms with Gasteiger partial charge in [0.05, 0.1) is 11.8 Å². The number of rotatable bonds is 10. The minimum absolute atomic E-state index is 0.0791. The van der Waals surface area contributed by atoms with Gasteiger partial charge in [-0.1, -0.05) is 44.9 Å². The third-order valence-electron chi connectivity index (χ3n) is 10.9. The predicted octanol–water partition coefficient (Wildman–Crippen LogP) is 3.38. The number of amides is 5. The number of benzene rings is 1. The summed E-state index contributed by atoms with van der Waals surface area (Å²) >= 11 is 0. The van der Waals surface area contributed by atoms with Gasteiger partial charge in [0.15, 0.2) is 0 Å². The molecule has 0 spiro atoms. The van der Waals surface area contributed by atoms with E-state index in [0.29, 0.717) is 57.2 Å². The number of hydrogen-bond acceptors (Lipinski definition) is 11. The summed E-state index contributed by atoms with van der Waals surface area (Å²) < 4.78 is 45.2. The van der Waals surface area contributed by atoms with Crippen LogP contribution in [0.25, 0.3) is 0 Å². The van der Waals surface area contributed by atoms with Gasteiger partial charge in [0.2, 0.25) is 21.8 Å². The van der Waals surface area contributed by atoms with E-state index in [1.165, 1.54) is 4.90 Å². The van der Waals surface area contributed by atoms with Crippen molar-refractivity contribution in [3.8, 4) is 5.75 Å². The fraction of sp³-hybridized carbons (Fsp3) is 0.675. The molecule has 2 aliphatic carbocycles. The van der Waals surface area contributed by atoms with Gasteiger partial charge in [-0.15, -0.1) is 0 Å². The van der Waals surface area contributed by atoms with Crippen LogP contribution in [-0.4, -0.2) is 108 Å². The van der Waals surface area contributed by atoms with E-state index in [1.807, 2.05) is 30.4 Å². The number of ether oxygens (including phenoxy) is 3. The van der Waals surface area contributed by atoms with Crippen LogP contribution in [-0.2, 0) is 47.0 Å². The first-order valence-corrected chi connectivity index (χ1v) is 21.8. The Morgan fingerprint density at radius 2 is 1.79 bits per heavy atom. The first-order valence-electron chi connectivity index (χ1n) is 20.2. The van der Waals surface area contributed by atoms with Crippen LogP contribution in [0.2, 0.25) is 0 Å². The van der Waals surface area contributed by atoms with Gasteiger partial charge in [-0.3, -0.25) is 24.0 Å². The lowest BCUT2D eigenvalue weighted by Gasteiger charge is -2.30. The maximum Gasteiger partial charge on any atom is 0.410 e. The average Bonchev–Trinajstić information content (AvgIpc) is 4.01. The van der Waals surface area contributed by atoms with Gasteiger partial charge in [0, 0.05) is 38.0 Å². The molecule has 5 amide bonds. The summed E-state index contributed by atoms with van der Waals surface area (Å²) in [5.74, 6) is -1.83. The fourth-order valence-corrected chi connectivity index (χ4v) is 8.98. The Morgan fingerprint density at radius 1 is 1.04 bits per heavy atom. The predicted molar refractivity (Wildman–Crippen MR) is 209 cm³/mol. The number of allylic oxidation sites excluding steroid dienone is 1. The van der Waals surface area contributed by atoms with Crippen molar-refractivity contribution in [3.05, 3.63) is 41.5 Å². The zero-order valence-electron chi connectivity index (χ0n) is 33.6. The number of carbonyl (C=O) groups excluding carboxylic acids is 5. The molecule has 3 fully saturated rings. The molecule has 4 N–H and O–H groups in total. The van der Waals surface area contributed by atoms with Gasteiger partial charge >= 0.3 is 12.2 Å². The molecular weight excluding hydrogens is 757 g/mol. The van der Waals surface area contributed by atoms with E-state index in [4.69, 9.17) is 14.2 Å². The average molecular weight is 815 g/mol. The molecule has 16 nitrogen and oxygen atoms in total. The summed E-state index contributed by atoms with van der Waals surface area (Å²) in [6.07, 6.45) is 5.53. The lowest BCUT2D eigenvalue weighted by molar-refractivity contribution is -0.141. The molecular formula is C40H58N6O10S. The highest BCUT2D eigenvalue weighted by Crippen LogP contribution is 2.46. The smallest absolute Gasteiger partial charge is 0.410 e. The Hall–Kier alpha value is -4.38. The van der Waals surface area contributed by atoms with Crippen LogP contribution in [0.1, 0.15) is 104 Å². The number of sulfonamides is 1. The van der Waals surface area contributed by atoms with Crippen molar-refractivity contribution in [1.29, 1.82) is 0 Å². The molecule has 0 radical (unpaired) electrons. The number of carbonyl (C=O) groups is 5. The highest BCUT2D eigenvalue weighted by atomic mass is 32.2. The van der Waals surface area contributed by atoms with Crippen molar-refractivity contribution in [3.63, 3.8) is 0 Å². The molecule has 3 heterocycles. The molecule has 57 heavy (non-hydrogen) atoms. The maximum absolute atomic E-state index is 14.4. The lowest BCUT2D eigenvalue weighted by Crippen LogP contribution is -2.58. The number of fused-ring (bicyclic) bond motifs is 3. The highest BCUT2D eigenvalue weighted by molar-refractivity contribution is 7.91. The molecule has 5 aliphatic rings. The van der Waals surface area contributed by atoms with Crippen molar-refractivity contribution in [1.82, 2.24) is 30.5 Å². The molecule has 3 aliphatic heterocycles. The SMILES string of the molecule is CC(C)NCCOc1ccc2c(c1)CN(C(=O)O[C@@H]1C[C@H]3C(=O)N[C@]4(C(=O)NS(=O)(=O)C5CC5)C[C@H]4/C=C\CCCCC[C@H](NC(=O)OC(C)(C)C)C(=O)N3C1)C2. The molecule has 2 saturated carbocycles. The van der Waals surface area contributed by atoms with Gasteiger partial charge in [-0.05, 0) is 82.6 Å². The van der Waals surface area contributed by atoms with Gasteiger partial charge in [-0.2, -0.15) is 0 Å². The van der Waals surface area contributed by atoms with E-state index in [0.717, 1.165) is 24.0 Å². The van der Waals surface area contributed by atoms with E-state index in [9.17, 15) is 32.4 Å². The molecule has 0 bridgehead atoms. The largest absolute Gasteiger partial charge is 0.492 e. The van der Waals surface area contributed by atoms with Crippen molar-refractivity contribution in [2.75, 3.05) is 19.7 Å². The Bertz CT molecular complexity index is 1840. The molecule has 0 aromatic heterocycles. The minimum atomic E-state index is -3.91. The summed E-state index contributed by atoms with van der Waals surface area (Å²) in [5, 5.41) is 8.20.